The van der Waals surface area contributed by atoms with Crippen LogP contribution in [0.3, 0.4) is 0 Å². The van der Waals surface area contributed by atoms with Crippen molar-refractivity contribution in [2.45, 2.75) is 19.6 Å². The topological polar surface area (TPSA) is 76.4 Å². The molecule has 1 amide bonds. The van der Waals surface area contributed by atoms with Gasteiger partial charge in [0.1, 0.15) is 0 Å². The Balaban J connectivity index is 1.88. The van der Waals surface area contributed by atoms with Crippen LogP contribution in [-0.2, 0) is 12.7 Å². The summed E-state index contributed by atoms with van der Waals surface area (Å²) in [4.78, 5) is 12.5. The van der Waals surface area contributed by atoms with Gasteiger partial charge in [0, 0.05) is 6.54 Å². The molecular weight excluding hydrogens is 387 g/mol. The molecule has 0 unspecified atom stereocenters. The van der Waals surface area contributed by atoms with E-state index >= 15 is 0 Å². The zero-order valence-corrected chi connectivity index (χ0v) is 15.6. The molecule has 9 heteroatoms. The number of ether oxygens (including phenoxy) is 1. The summed E-state index contributed by atoms with van der Waals surface area (Å²) in [5.74, 6) is -0.802. The van der Waals surface area contributed by atoms with Crippen LogP contribution in [-0.4, -0.2) is 27.9 Å². The van der Waals surface area contributed by atoms with Crippen LogP contribution in [0.5, 0.6) is 11.5 Å². The number of nitrogens with one attached hydrogen (secondary N) is 1. The Morgan fingerprint density at radius 3 is 2.52 bits per heavy atom. The van der Waals surface area contributed by atoms with Gasteiger partial charge in [0.15, 0.2) is 17.2 Å². The molecule has 2 aromatic carbocycles. The summed E-state index contributed by atoms with van der Waals surface area (Å²) >= 11 is 0. The van der Waals surface area contributed by atoms with Crippen LogP contribution in [0.2, 0.25) is 0 Å². The minimum atomic E-state index is -4.78. The summed E-state index contributed by atoms with van der Waals surface area (Å²) in [6.07, 6.45) is -3.88. The number of halogens is 3. The lowest BCUT2D eigenvalue weighted by Crippen LogP contribution is -2.26. The van der Waals surface area contributed by atoms with E-state index in [0.29, 0.717) is 10.2 Å². The zero-order valence-electron chi connectivity index (χ0n) is 15.6. The standard InChI is InChI=1S/C20H18F3N3O3/c1-12-3-6-14(7-4-12)26-18(20(21,22)23)15(11-25-26)19(28)24-10-13-5-8-16(27)17(9-13)29-2/h3-9,11,27H,10H2,1-2H3,(H,24,28). The van der Waals surface area contributed by atoms with E-state index in [0.717, 1.165) is 11.8 Å². The van der Waals surface area contributed by atoms with Crippen molar-refractivity contribution < 1.29 is 27.8 Å². The number of carbonyl (C=O) groups excluding carboxylic acids is 1. The number of alkyl halides is 3. The number of nitrogens with zero attached hydrogens (tertiary/aromatic N) is 2. The molecule has 0 radical (unpaired) electrons. The number of hydrogen-bond donors (Lipinski definition) is 2. The molecular formula is C20H18F3N3O3. The maximum atomic E-state index is 13.7. The molecule has 1 heterocycles. The predicted molar refractivity (Wildman–Crippen MR) is 99.1 cm³/mol. The molecule has 3 rings (SSSR count). The summed E-state index contributed by atoms with van der Waals surface area (Å²) in [6, 6.07) is 10.7. The van der Waals surface area contributed by atoms with Gasteiger partial charge in [-0.05, 0) is 36.8 Å². The van der Waals surface area contributed by atoms with Crippen LogP contribution in [0.1, 0.15) is 27.2 Å². The first kappa shape index (κ1) is 20.2. The quantitative estimate of drug-likeness (QED) is 0.676. The number of aryl methyl sites for hydroxylation is 1. The molecule has 3 aromatic rings. The number of hydrogen-bond acceptors (Lipinski definition) is 4. The van der Waals surface area contributed by atoms with E-state index in [1.54, 1.807) is 12.1 Å². The van der Waals surface area contributed by atoms with Gasteiger partial charge in [0.25, 0.3) is 5.91 Å². The van der Waals surface area contributed by atoms with Gasteiger partial charge in [-0.3, -0.25) is 4.79 Å². The lowest BCUT2D eigenvalue weighted by Gasteiger charge is -2.13. The number of carbonyl (C=O) groups is 1. The van der Waals surface area contributed by atoms with Gasteiger partial charge in [-0.2, -0.15) is 18.3 Å². The highest BCUT2D eigenvalue weighted by Crippen LogP contribution is 2.34. The fourth-order valence-corrected chi connectivity index (χ4v) is 2.78. The van der Waals surface area contributed by atoms with Crippen molar-refractivity contribution in [1.82, 2.24) is 15.1 Å². The van der Waals surface area contributed by atoms with Crippen molar-refractivity contribution in [3.8, 4) is 17.2 Å². The van der Waals surface area contributed by atoms with E-state index in [1.165, 1.54) is 37.4 Å². The van der Waals surface area contributed by atoms with Gasteiger partial charge >= 0.3 is 6.18 Å². The molecule has 6 nitrogen and oxygen atoms in total. The van der Waals surface area contributed by atoms with E-state index < -0.39 is 23.3 Å². The number of aromatic hydroxyl groups is 1. The maximum absolute atomic E-state index is 13.7. The molecule has 0 bridgehead atoms. The Bertz CT molecular complexity index is 1030. The van der Waals surface area contributed by atoms with Gasteiger partial charge in [0.05, 0.1) is 24.6 Å². The molecule has 152 valence electrons. The van der Waals surface area contributed by atoms with Crippen LogP contribution in [0.4, 0.5) is 13.2 Å². The average molecular weight is 405 g/mol. The smallest absolute Gasteiger partial charge is 0.434 e. The van der Waals surface area contributed by atoms with Gasteiger partial charge in [-0.1, -0.05) is 23.8 Å². The van der Waals surface area contributed by atoms with Gasteiger partial charge in [0.2, 0.25) is 0 Å². The Kier molecular flexibility index (Phi) is 5.49. The fourth-order valence-electron chi connectivity index (χ4n) is 2.78. The summed E-state index contributed by atoms with van der Waals surface area (Å²) < 4.78 is 46.7. The number of amides is 1. The van der Waals surface area contributed by atoms with E-state index in [1.807, 2.05) is 6.92 Å². The second-order valence-electron chi connectivity index (χ2n) is 6.34. The lowest BCUT2D eigenvalue weighted by molar-refractivity contribution is -0.143. The van der Waals surface area contributed by atoms with Crippen molar-refractivity contribution in [1.29, 1.82) is 0 Å². The molecule has 0 aliphatic heterocycles. The summed E-state index contributed by atoms with van der Waals surface area (Å²) in [6.45, 7) is 1.76. The highest BCUT2D eigenvalue weighted by atomic mass is 19.4. The van der Waals surface area contributed by atoms with Crippen molar-refractivity contribution in [2.24, 2.45) is 0 Å². The number of aromatic nitrogens is 2. The number of phenolic OH excluding ortho intramolecular Hbond substituents is 1. The van der Waals surface area contributed by atoms with E-state index in [-0.39, 0.29) is 23.7 Å². The molecule has 0 fully saturated rings. The van der Waals surface area contributed by atoms with Gasteiger partial charge < -0.3 is 15.2 Å². The van der Waals surface area contributed by atoms with E-state index in [9.17, 15) is 23.1 Å². The van der Waals surface area contributed by atoms with E-state index in [4.69, 9.17) is 4.74 Å². The fraction of sp³-hybridized carbons (Fsp3) is 0.200. The minimum absolute atomic E-state index is 0.0531. The first-order valence-electron chi connectivity index (χ1n) is 8.57. The summed E-state index contributed by atoms with van der Waals surface area (Å²) in [5.41, 5.74) is -0.0968. The average Bonchev–Trinajstić information content (AvgIpc) is 3.13. The first-order chi connectivity index (χ1) is 13.7. The summed E-state index contributed by atoms with van der Waals surface area (Å²) in [7, 11) is 1.37. The minimum Gasteiger partial charge on any atom is -0.504 e. The summed E-state index contributed by atoms with van der Waals surface area (Å²) in [5, 5.41) is 15.8. The highest BCUT2D eigenvalue weighted by molar-refractivity contribution is 5.95. The normalized spacial score (nSPS) is 11.3. The second-order valence-corrected chi connectivity index (χ2v) is 6.34. The van der Waals surface area contributed by atoms with Crippen LogP contribution in [0.25, 0.3) is 5.69 Å². The van der Waals surface area contributed by atoms with Gasteiger partial charge in [-0.25, -0.2) is 4.68 Å². The van der Waals surface area contributed by atoms with Crippen molar-refractivity contribution in [3.05, 3.63) is 71.0 Å². The van der Waals surface area contributed by atoms with Crippen LogP contribution >= 0.6 is 0 Å². The van der Waals surface area contributed by atoms with Crippen molar-refractivity contribution in [3.63, 3.8) is 0 Å². The van der Waals surface area contributed by atoms with Crippen LogP contribution < -0.4 is 10.1 Å². The van der Waals surface area contributed by atoms with Crippen molar-refractivity contribution >= 4 is 5.91 Å². The van der Waals surface area contributed by atoms with Crippen LogP contribution in [0, 0.1) is 6.92 Å². The predicted octanol–water partition coefficient (Wildman–Crippen LogP) is 3.84. The second kappa shape index (κ2) is 7.86. The van der Waals surface area contributed by atoms with E-state index in [2.05, 4.69) is 10.4 Å². The third kappa shape index (κ3) is 4.34. The Morgan fingerprint density at radius 1 is 1.21 bits per heavy atom. The molecule has 0 aliphatic carbocycles. The molecule has 2 N–H and O–H groups in total. The molecule has 0 spiro atoms. The third-order valence-corrected chi connectivity index (χ3v) is 4.26. The number of methoxy groups -OCH3 is 1. The molecule has 1 aromatic heterocycles. The number of benzene rings is 2. The molecule has 0 saturated carbocycles. The highest BCUT2D eigenvalue weighted by Gasteiger charge is 2.40. The molecule has 29 heavy (non-hydrogen) atoms. The molecule has 0 atom stereocenters. The Hall–Kier alpha value is -3.49. The Labute approximate surface area is 164 Å². The monoisotopic (exact) mass is 405 g/mol. The SMILES string of the molecule is COc1cc(CNC(=O)c2cnn(-c3ccc(C)cc3)c2C(F)(F)F)ccc1O. The lowest BCUT2D eigenvalue weighted by atomic mass is 10.1. The largest absolute Gasteiger partial charge is 0.504 e. The zero-order chi connectivity index (χ0) is 21.2. The molecule has 0 aliphatic rings. The number of rotatable bonds is 5. The van der Waals surface area contributed by atoms with Gasteiger partial charge in [-0.15, -0.1) is 0 Å². The third-order valence-electron chi connectivity index (χ3n) is 4.26. The molecule has 0 saturated heterocycles. The van der Waals surface area contributed by atoms with Crippen molar-refractivity contribution in [2.75, 3.05) is 7.11 Å². The number of phenols is 1. The van der Waals surface area contributed by atoms with Crippen LogP contribution in [0.15, 0.2) is 48.7 Å². The first-order valence-corrected chi connectivity index (χ1v) is 8.57. The maximum Gasteiger partial charge on any atom is 0.434 e. The Morgan fingerprint density at radius 2 is 1.90 bits per heavy atom.